The zero-order valence-electron chi connectivity index (χ0n) is 76.1. The topological polar surface area (TPSA) is 352 Å². The molecule has 4 amide bonds. The highest BCUT2D eigenvalue weighted by molar-refractivity contribution is 5.92. The van der Waals surface area contributed by atoms with Crippen molar-refractivity contribution in [2.45, 2.75) is 108 Å². The van der Waals surface area contributed by atoms with Crippen molar-refractivity contribution in [1.82, 2.24) is 77.1 Å². The van der Waals surface area contributed by atoms with E-state index >= 15 is 0 Å². The van der Waals surface area contributed by atoms with Crippen LogP contribution in [-0.4, -0.2) is 134 Å². The number of rotatable bonds is 25. The van der Waals surface area contributed by atoms with E-state index in [-0.39, 0.29) is 60.2 Å². The Kier molecular flexibility index (Phi) is 28.3. The quantitative estimate of drug-likeness (QED) is 0.0305. The number of halogens is 4. The molecule has 16 aromatic rings. The molecule has 8 aromatic heterocycles. The van der Waals surface area contributed by atoms with E-state index in [1.165, 1.54) is 48.6 Å². The number of alkyl halides is 3. The number of nitrogen functional groups attached to an aromatic ring is 4. The molecule has 8 N–H and O–H groups in total. The lowest BCUT2D eigenvalue weighted by Crippen LogP contribution is -2.29. The molecular formula is C106H100F4N20O9. The third-order valence-electron chi connectivity index (χ3n) is 24.8. The molecule has 139 heavy (non-hydrogen) atoms. The largest absolute Gasteiger partial charge is 0.497 e. The van der Waals surface area contributed by atoms with Crippen LogP contribution in [0.15, 0.2) is 300 Å². The van der Waals surface area contributed by atoms with Gasteiger partial charge in [0, 0.05) is 98.0 Å². The number of nitrogens with zero attached hydrogens (tertiary/aromatic N) is 16. The highest BCUT2D eigenvalue weighted by Gasteiger charge is 2.39. The summed E-state index contributed by atoms with van der Waals surface area (Å²) in [6, 6.07) is 58.6. The van der Waals surface area contributed by atoms with E-state index in [0.29, 0.717) is 115 Å². The Hall–Kier alpha value is -17.0. The summed E-state index contributed by atoms with van der Waals surface area (Å²) < 4.78 is 87.7. The molecule has 20 rings (SSSR count). The van der Waals surface area contributed by atoms with Crippen molar-refractivity contribution < 1.29 is 60.4 Å². The summed E-state index contributed by atoms with van der Waals surface area (Å²) in [5.41, 5.74) is 37.1. The maximum atomic E-state index is 13.1. The van der Waals surface area contributed by atoms with Crippen molar-refractivity contribution in [3.8, 4) is 73.8 Å². The molecule has 4 atom stereocenters. The van der Waals surface area contributed by atoms with E-state index in [1.807, 2.05) is 186 Å². The van der Waals surface area contributed by atoms with Crippen molar-refractivity contribution in [2.24, 2.45) is 0 Å². The number of nitrogens with two attached hydrogens (primary N) is 4. The van der Waals surface area contributed by atoms with Crippen molar-refractivity contribution in [1.29, 1.82) is 0 Å². The van der Waals surface area contributed by atoms with Crippen molar-refractivity contribution in [3.05, 3.63) is 357 Å². The van der Waals surface area contributed by atoms with Crippen LogP contribution in [0.1, 0.15) is 127 Å². The lowest BCUT2D eigenvalue weighted by atomic mass is 10.1. The molecule has 4 aliphatic heterocycles. The molecule has 0 spiro atoms. The van der Waals surface area contributed by atoms with Crippen molar-refractivity contribution in [2.75, 3.05) is 56.2 Å². The summed E-state index contributed by atoms with van der Waals surface area (Å²) in [5, 5.41) is 0. The number of hydrogen-bond donors (Lipinski definition) is 4. The Morgan fingerprint density at radius 1 is 0.353 bits per heavy atom. The first-order valence-corrected chi connectivity index (χ1v) is 45.3. The van der Waals surface area contributed by atoms with E-state index in [9.17, 15) is 36.7 Å². The number of methoxy groups -OCH3 is 1. The smallest absolute Gasteiger partial charge is 0.416 e. The van der Waals surface area contributed by atoms with E-state index in [4.69, 9.17) is 66.6 Å². The van der Waals surface area contributed by atoms with Crippen LogP contribution < -0.4 is 46.6 Å². The van der Waals surface area contributed by atoms with E-state index in [1.54, 1.807) is 72.2 Å². The minimum absolute atomic E-state index is 0.0854. The Bertz CT molecular complexity index is 7160. The van der Waals surface area contributed by atoms with E-state index in [0.717, 1.165) is 160 Å². The first-order chi connectivity index (χ1) is 67.5. The summed E-state index contributed by atoms with van der Waals surface area (Å²) >= 11 is 0. The molecule has 12 heterocycles. The van der Waals surface area contributed by atoms with Gasteiger partial charge < -0.3 is 66.2 Å². The molecule has 8 aromatic carbocycles. The van der Waals surface area contributed by atoms with Gasteiger partial charge in [-0.3, -0.25) is 36.8 Å². The fraction of sp³-hybridized carbons (Fsp3) is 0.208. The van der Waals surface area contributed by atoms with Gasteiger partial charge in [-0.25, -0.2) is 44.3 Å². The van der Waals surface area contributed by atoms with Crippen LogP contribution in [0.5, 0.6) is 28.7 Å². The second-order valence-electron chi connectivity index (χ2n) is 33.4. The minimum Gasteiger partial charge on any atom is -0.497 e. The number of carbonyl (C=O) groups is 4. The maximum Gasteiger partial charge on any atom is 0.416 e. The van der Waals surface area contributed by atoms with Crippen LogP contribution in [0.2, 0.25) is 0 Å². The maximum absolute atomic E-state index is 13.1. The molecule has 0 radical (unpaired) electrons. The average Bonchev–Trinajstić information content (AvgIpc) is 1.62. The number of benzene rings is 8. The number of fused-ring (bicyclic) bond motifs is 4. The Morgan fingerprint density at radius 2 is 0.597 bits per heavy atom. The summed E-state index contributed by atoms with van der Waals surface area (Å²) in [7, 11) is 1.65. The zero-order valence-corrected chi connectivity index (χ0v) is 76.1. The summed E-state index contributed by atoms with van der Waals surface area (Å²) in [6.07, 6.45) is 21.7. The number of carbonyl (C=O) groups excluding carboxylic acids is 4. The van der Waals surface area contributed by atoms with Crippen LogP contribution in [0.3, 0.4) is 0 Å². The molecule has 4 fully saturated rings. The fourth-order valence-electron chi connectivity index (χ4n) is 17.9. The molecule has 0 bridgehead atoms. The normalized spacial score (nSPS) is 15.6. The third kappa shape index (κ3) is 20.5. The molecule has 0 unspecified atom stereocenters. The fourth-order valence-corrected chi connectivity index (χ4v) is 17.9. The second kappa shape index (κ2) is 41.9. The van der Waals surface area contributed by atoms with Gasteiger partial charge in [0.2, 0.25) is 23.6 Å². The van der Waals surface area contributed by atoms with E-state index < -0.39 is 11.7 Å². The zero-order chi connectivity index (χ0) is 97.0. The number of ether oxygens (including phenoxy) is 5. The monoisotopic (exact) mass is 1870 g/mol. The highest BCUT2D eigenvalue weighted by atomic mass is 19.4. The summed E-state index contributed by atoms with van der Waals surface area (Å²) in [6.45, 7) is 18.6. The number of anilines is 4. The van der Waals surface area contributed by atoms with Gasteiger partial charge in [0.05, 0.1) is 36.8 Å². The first kappa shape index (κ1) is 93.8. The van der Waals surface area contributed by atoms with E-state index in [2.05, 4.69) is 46.3 Å². The van der Waals surface area contributed by atoms with Gasteiger partial charge in [-0.15, -0.1) is 0 Å². The lowest BCUT2D eigenvalue weighted by Gasteiger charge is -2.22. The second-order valence-corrected chi connectivity index (χ2v) is 33.4. The lowest BCUT2D eigenvalue weighted by molar-refractivity contribution is -0.137. The molecule has 4 saturated heterocycles. The van der Waals surface area contributed by atoms with Gasteiger partial charge >= 0.3 is 6.18 Å². The number of aromatic nitrogens is 12. The molecule has 0 aliphatic carbocycles. The van der Waals surface area contributed by atoms with Crippen LogP contribution in [-0.2, 0) is 51.8 Å². The Balaban J connectivity index is 0.000000128. The van der Waals surface area contributed by atoms with Crippen LogP contribution in [0, 0.1) is 5.82 Å². The molecule has 4 aliphatic rings. The summed E-state index contributed by atoms with van der Waals surface area (Å²) in [5.74, 6) is 7.36. The number of hydrogen-bond acceptors (Lipinski definition) is 21. The SMILES string of the molecule is C=CC(=O)N1CCC[C@H]1c1nc(-c2ccc(OCc3ccc(C(F)(F)F)cc3)cc2)c2c(N)nccn12.C=CC(=O)N1CCC[C@H]1c1nc(-c2ccc(OCc3ccc(F)cc3)cc2)c2c(N)nccn12.C=CC(=O)N1CCC[C@H]1c1nc(-c2ccc(OCc3ccc(OC)cc3)cc2)c2c(N)nccn12.C=CC(=O)N1CCC[C@H]1c1nc(-c2ccc(OCc3ccccc3)cc2)c2c(N)nccn12. The highest BCUT2D eigenvalue weighted by Crippen LogP contribution is 2.44. The molecule has 706 valence electrons. The average molecular weight is 1870 g/mol. The van der Waals surface area contributed by atoms with Gasteiger partial charge in [-0.05, 0) is 231 Å². The van der Waals surface area contributed by atoms with Crippen molar-refractivity contribution in [3.63, 3.8) is 0 Å². The van der Waals surface area contributed by atoms with Gasteiger partial charge in [0.1, 0.15) is 152 Å². The van der Waals surface area contributed by atoms with Gasteiger partial charge in [0.25, 0.3) is 0 Å². The van der Waals surface area contributed by atoms with Gasteiger partial charge in [-0.2, -0.15) is 13.2 Å². The Labute approximate surface area is 797 Å². The van der Waals surface area contributed by atoms with Crippen LogP contribution in [0.4, 0.5) is 40.8 Å². The third-order valence-corrected chi connectivity index (χ3v) is 24.8. The Morgan fingerprint density at radius 3 is 0.849 bits per heavy atom. The minimum atomic E-state index is -4.37. The summed E-state index contributed by atoms with van der Waals surface area (Å²) in [4.78, 5) is 93.7. The molecular weight excluding hydrogens is 1770 g/mol. The first-order valence-electron chi connectivity index (χ1n) is 45.3. The number of amides is 4. The molecule has 33 heteroatoms. The predicted molar refractivity (Wildman–Crippen MR) is 521 cm³/mol. The predicted octanol–water partition coefficient (Wildman–Crippen LogP) is 18.8. The van der Waals surface area contributed by atoms with Gasteiger partial charge in [-0.1, -0.05) is 93.0 Å². The van der Waals surface area contributed by atoms with Crippen LogP contribution in [0.25, 0.3) is 67.1 Å². The van der Waals surface area contributed by atoms with Crippen molar-refractivity contribution >= 4 is 69.0 Å². The van der Waals surface area contributed by atoms with Crippen LogP contribution >= 0.6 is 0 Å². The number of imidazole rings is 4. The molecule has 29 nitrogen and oxygen atoms in total. The number of likely N-dealkylation sites (tertiary alicyclic amines) is 4. The standard InChI is InChI=1S/C27H24F3N5O2.C27H27N5O3.C26H24FN5O2.C26H25N5O2/c1-2-22(36)34-14-3-4-21(34)26-33-23(24-25(31)32-13-15-35(24)26)18-7-11-20(12-8-18)37-16-17-5-9-19(10-6-17)27(28,29)30;1-3-23(33)31-15-4-5-22(31)27-30-24(25-26(28)29-14-16-32(25)27)19-8-12-21(13-9-19)35-17-18-6-10-20(34-2)11-7-18;1-2-22(33)31-14-3-4-21(31)26-30-23(24-25(28)29-13-15-32(24)26)18-7-11-20(12-8-18)34-16-17-5-9-19(27)10-6-17;1-2-22(32)30-15-6-9-21(30)26-29-23(24-25(27)28-14-16-31(24)26)19-10-12-20(13-11-19)33-17-18-7-4-3-5-8-18/h2,5-13,15,21H,1,3-4,14,16H2,(H2,31,32);3,6-14,16,22H,1,4-5,15,17H2,2H3,(H2,28,29);2,5-13,15,21H,1,3-4,14,16H2,(H2,28,29);2-5,7-8,10-14,16,21H,1,6,9,15,17H2,(H2,27,28)/t21-;22-;2*21-/m0000/s1. The molecule has 0 saturated carbocycles. The van der Waals surface area contributed by atoms with Gasteiger partial charge in [0.15, 0.2) is 0 Å².